The van der Waals surface area contributed by atoms with Gasteiger partial charge in [-0.3, -0.25) is 9.69 Å². The maximum atomic E-state index is 13.0. The molecule has 2 bridgehead atoms. The first-order valence-electron chi connectivity index (χ1n) is 9.86. The van der Waals surface area contributed by atoms with Gasteiger partial charge in [-0.15, -0.1) is 0 Å². The number of nitrogens with one attached hydrogen (secondary N) is 2. The van der Waals surface area contributed by atoms with E-state index in [9.17, 15) is 9.59 Å². The van der Waals surface area contributed by atoms with Gasteiger partial charge in [-0.25, -0.2) is 4.79 Å². The number of rotatable bonds is 4. The Labute approximate surface area is 159 Å². The standard InChI is InChI=1S/C20H28N4O3/c1-27-17-6-5-14(11-16(17)24-8-7-22-20(24)26)19(25)23-18-12-3-2-4-13(18)10-15(21)9-12/h5-6,11-13,15,18H,2-4,7-10,21H2,1H3,(H,22,26)(H,23,25). The fourth-order valence-corrected chi connectivity index (χ4v) is 5.00. The van der Waals surface area contributed by atoms with Gasteiger partial charge in [0, 0.05) is 30.7 Å². The van der Waals surface area contributed by atoms with Gasteiger partial charge in [0.05, 0.1) is 12.8 Å². The molecule has 3 fully saturated rings. The van der Waals surface area contributed by atoms with Crippen molar-refractivity contribution in [2.45, 2.75) is 44.2 Å². The lowest BCUT2D eigenvalue weighted by atomic mass is 9.67. The van der Waals surface area contributed by atoms with Gasteiger partial charge in [0.15, 0.2) is 0 Å². The third-order valence-electron chi connectivity index (χ3n) is 6.26. The molecule has 0 spiro atoms. The number of hydrogen-bond acceptors (Lipinski definition) is 4. The highest BCUT2D eigenvalue weighted by Gasteiger charge is 2.40. The molecule has 0 aromatic heterocycles. The van der Waals surface area contributed by atoms with E-state index in [2.05, 4.69) is 10.6 Å². The fraction of sp³-hybridized carbons (Fsp3) is 0.600. The van der Waals surface area contributed by atoms with Crippen LogP contribution in [0.15, 0.2) is 18.2 Å². The molecule has 3 amide bonds. The van der Waals surface area contributed by atoms with E-state index in [1.54, 1.807) is 30.2 Å². The topological polar surface area (TPSA) is 96.7 Å². The van der Waals surface area contributed by atoms with Crippen molar-refractivity contribution in [2.75, 3.05) is 25.1 Å². The van der Waals surface area contributed by atoms with Crippen LogP contribution < -0.4 is 26.0 Å². The highest BCUT2D eigenvalue weighted by atomic mass is 16.5. The largest absolute Gasteiger partial charge is 0.495 e. The Morgan fingerprint density at radius 2 is 2.04 bits per heavy atom. The van der Waals surface area contributed by atoms with Gasteiger partial charge in [0.25, 0.3) is 5.91 Å². The monoisotopic (exact) mass is 372 g/mol. The number of hydrogen-bond donors (Lipinski definition) is 3. The Kier molecular flexibility index (Phi) is 4.95. The van der Waals surface area contributed by atoms with Crippen LogP contribution in [0, 0.1) is 11.8 Å². The summed E-state index contributed by atoms with van der Waals surface area (Å²) in [5.74, 6) is 1.44. The van der Waals surface area contributed by atoms with Crippen LogP contribution in [0.25, 0.3) is 0 Å². The van der Waals surface area contributed by atoms with E-state index in [-0.39, 0.29) is 24.0 Å². The molecule has 2 saturated carbocycles. The van der Waals surface area contributed by atoms with Crippen molar-refractivity contribution in [1.82, 2.24) is 10.6 Å². The smallest absolute Gasteiger partial charge is 0.322 e. The molecule has 146 valence electrons. The number of nitrogens with zero attached hydrogens (tertiary/aromatic N) is 1. The summed E-state index contributed by atoms with van der Waals surface area (Å²) in [6.45, 7) is 1.15. The maximum Gasteiger partial charge on any atom is 0.322 e. The minimum Gasteiger partial charge on any atom is -0.495 e. The van der Waals surface area contributed by atoms with Crippen LogP contribution in [0.3, 0.4) is 0 Å². The molecule has 1 heterocycles. The summed E-state index contributed by atoms with van der Waals surface area (Å²) in [6, 6.07) is 5.57. The van der Waals surface area contributed by atoms with Crippen molar-refractivity contribution in [3.05, 3.63) is 23.8 Å². The molecule has 2 aliphatic carbocycles. The van der Waals surface area contributed by atoms with E-state index in [1.807, 2.05) is 0 Å². The van der Waals surface area contributed by atoms with Gasteiger partial charge >= 0.3 is 6.03 Å². The zero-order valence-electron chi connectivity index (χ0n) is 15.7. The zero-order chi connectivity index (χ0) is 19.0. The Morgan fingerprint density at radius 1 is 1.30 bits per heavy atom. The van der Waals surface area contributed by atoms with E-state index >= 15 is 0 Å². The number of carbonyl (C=O) groups excluding carboxylic acids is 2. The van der Waals surface area contributed by atoms with Gasteiger partial charge in [0.1, 0.15) is 5.75 Å². The maximum absolute atomic E-state index is 13.0. The molecule has 4 N–H and O–H groups in total. The van der Waals surface area contributed by atoms with Gasteiger partial charge < -0.3 is 21.1 Å². The molecule has 2 atom stereocenters. The summed E-state index contributed by atoms with van der Waals surface area (Å²) in [6.07, 6.45) is 5.48. The molecule has 7 heteroatoms. The second-order valence-electron chi connectivity index (χ2n) is 7.95. The highest BCUT2D eigenvalue weighted by Crippen LogP contribution is 2.40. The summed E-state index contributed by atoms with van der Waals surface area (Å²) in [5, 5.41) is 6.05. The van der Waals surface area contributed by atoms with E-state index in [4.69, 9.17) is 10.5 Å². The molecule has 2 unspecified atom stereocenters. The lowest BCUT2D eigenvalue weighted by molar-refractivity contribution is 0.0756. The molecule has 1 aromatic rings. The number of carbonyl (C=O) groups is 2. The first kappa shape index (κ1) is 18.1. The first-order chi connectivity index (χ1) is 13.1. The summed E-state index contributed by atoms with van der Waals surface area (Å²) >= 11 is 0. The number of anilines is 1. The third-order valence-corrected chi connectivity index (χ3v) is 6.26. The number of nitrogens with two attached hydrogens (primary N) is 1. The van der Waals surface area contributed by atoms with Crippen LogP contribution in [0.1, 0.15) is 42.5 Å². The number of urea groups is 1. The van der Waals surface area contributed by atoms with Crippen LogP contribution >= 0.6 is 0 Å². The third kappa shape index (κ3) is 3.48. The molecule has 0 radical (unpaired) electrons. The molecule has 1 aromatic carbocycles. The molecule has 3 aliphatic rings. The van der Waals surface area contributed by atoms with E-state index in [0.29, 0.717) is 41.9 Å². The normalized spacial score (nSPS) is 30.0. The zero-order valence-corrected chi connectivity index (χ0v) is 15.7. The van der Waals surface area contributed by atoms with Crippen molar-refractivity contribution in [2.24, 2.45) is 17.6 Å². The quantitative estimate of drug-likeness (QED) is 0.752. The Hall–Kier alpha value is -2.28. The molecule has 1 saturated heterocycles. The average molecular weight is 372 g/mol. The SMILES string of the molecule is COc1ccc(C(=O)NC2C3CCCC2CC(N)C3)cc1N1CCNC1=O. The van der Waals surface area contributed by atoms with Crippen LogP contribution in [0.2, 0.25) is 0 Å². The van der Waals surface area contributed by atoms with Crippen molar-refractivity contribution in [1.29, 1.82) is 0 Å². The fourth-order valence-electron chi connectivity index (χ4n) is 5.00. The minimum atomic E-state index is -0.165. The number of ether oxygens (including phenoxy) is 1. The van der Waals surface area contributed by atoms with E-state index in [1.165, 1.54) is 6.42 Å². The van der Waals surface area contributed by atoms with E-state index < -0.39 is 0 Å². The second kappa shape index (κ2) is 7.38. The average Bonchev–Trinajstić information content (AvgIpc) is 3.07. The summed E-state index contributed by atoms with van der Waals surface area (Å²) in [5.41, 5.74) is 7.38. The second-order valence-corrected chi connectivity index (χ2v) is 7.95. The van der Waals surface area contributed by atoms with Gasteiger partial charge in [-0.2, -0.15) is 0 Å². The van der Waals surface area contributed by atoms with Crippen LogP contribution in [-0.4, -0.2) is 44.2 Å². The molecule has 1 aliphatic heterocycles. The summed E-state index contributed by atoms with van der Waals surface area (Å²) in [4.78, 5) is 26.6. The minimum absolute atomic E-state index is 0.0871. The Bertz CT molecular complexity index is 724. The van der Waals surface area contributed by atoms with Crippen molar-refractivity contribution < 1.29 is 14.3 Å². The summed E-state index contributed by atoms with van der Waals surface area (Å²) in [7, 11) is 1.57. The van der Waals surface area contributed by atoms with Crippen molar-refractivity contribution >= 4 is 17.6 Å². The van der Waals surface area contributed by atoms with Crippen LogP contribution in [-0.2, 0) is 0 Å². The van der Waals surface area contributed by atoms with Crippen LogP contribution in [0.5, 0.6) is 5.75 Å². The van der Waals surface area contributed by atoms with Crippen molar-refractivity contribution in [3.8, 4) is 5.75 Å². The van der Waals surface area contributed by atoms with Crippen molar-refractivity contribution in [3.63, 3.8) is 0 Å². The highest BCUT2D eigenvalue weighted by molar-refractivity contribution is 6.00. The molecule has 7 nitrogen and oxygen atoms in total. The Balaban J connectivity index is 1.54. The van der Waals surface area contributed by atoms with Crippen LogP contribution in [0.4, 0.5) is 10.5 Å². The molecule has 27 heavy (non-hydrogen) atoms. The lowest BCUT2D eigenvalue weighted by Gasteiger charge is -2.45. The Morgan fingerprint density at radius 3 is 2.67 bits per heavy atom. The number of amides is 3. The van der Waals surface area contributed by atoms with E-state index in [0.717, 1.165) is 25.7 Å². The number of benzene rings is 1. The lowest BCUT2D eigenvalue weighted by Crippen LogP contribution is -2.53. The van der Waals surface area contributed by atoms with Gasteiger partial charge in [-0.1, -0.05) is 6.42 Å². The summed E-state index contributed by atoms with van der Waals surface area (Å²) < 4.78 is 5.40. The molecular formula is C20H28N4O3. The molecule has 4 rings (SSSR count). The predicted molar refractivity (Wildman–Crippen MR) is 103 cm³/mol. The van der Waals surface area contributed by atoms with Gasteiger partial charge in [0.2, 0.25) is 0 Å². The van der Waals surface area contributed by atoms with Gasteiger partial charge in [-0.05, 0) is 55.7 Å². The number of methoxy groups -OCH3 is 1. The number of fused-ring (bicyclic) bond motifs is 2. The molecular weight excluding hydrogens is 344 g/mol. The predicted octanol–water partition coefficient (Wildman–Crippen LogP) is 1.86. The first-order valence-corrected chi connectivity index (χ1v) is 9.86.